The minimum Gasteiger partial charge on any atom is -0.394 e. The van der Waals surface area contributed by atoms with Gasteiger partial charge in [-0.25, -0.2) is 9.67 Å². The van der Waals surface area contributed by atoms with Crippen molar-refractivity contribution >= 4 is 5.91 Å². The van der Waals surface area contributed by atoms with Gasteiger partial charge in [-0.15, -0.1) is 0 Å². The monoisotopic (exact) mass is 440 g/mol. The van der Waals surface area contributed by atoms with E-state index in [-0.39, 0.29) is 5.91 Å². The van der Waals surface area contributed by atoms with E-state index >= 15 is 0 Å². The van der Waals surface area contributed by atoms with Crippen LogP contribution in [0.1, 0.15) is 22.0 Å². The summed E-state index contributed by atoms with van der Waals surface area (Å²) in [5.41, 5.74) is 3.07. The van der Waals surface area contributed by atoms with Gasteiger partial charge in [0, 0.05) is 7.05 Å². The van der Waals surface area contributed by atoms with Crippen LogP contribution in [0.15, 0.2) is 55.1 Å². The third kappa shape index (κ3) is 4.01. The van der Waals surface area contributed by atoms with Crippen LogP contribution in [-0.4, -0.2) is 79.2 Å². The van der Waals surface area contributed by atoms with Crippen LogP contribution in [0.4, 0.5) is 0 Å². The van der Waals surface area contributed by atoms with E-state index in [1.54, 1.807) is 43.4 Å². The molecule has 2 aromatic carbocycles. The highest BCUT2D eigenvalue weighted by Gasteiger charge is 2.43. The molecule has 0 aliphatic carbocycles. The molecule has 5 N–H and O–H groups in total. The standard InChI is InChI=1S/C22H24N4O6/c1-23-22(31)15-6-5-13(8-16(15)26-11-24-10-25-26)12-3-2-4-14(7-12)21-20(30)19(29)18(28)17(9-27)32-21/h2-8,10-11,17-21,27-30H,9H2,1H3,(H,23,31)/t17-,18-,19+,20+,21-/m1/s1. The first-order valence-electron chi connectivity index (χ1n) is 10.1. The SMILES string of the molecule is CNC(=O)c1ccc(-c2cccc([C@H]3O[C@H](CO)[C@@H](O)[C@H](O)[C@@H]3O)c2)cc1-n1cncn1. The average Bonchev–Trinajstić information content (AvgIpc) is 3.37. The number of nitrogens with one attached hydrogen (secondary N) is 1. The van der Waals surface area contributed by atoms with Crippen LogP contribution in [0.3, 0.4) is 0 Å². The number of rotatable bonds is 5. The lowest BCUT2D eigenvalue weighted by molar-refractivity contribution is -0.231. The maximum Gasteiger partial charge on any atom is 0.253 e. The van der Waals surface area contributed by atoms with Gasteiger partial charge in [-0.1, -0.05) is 24.3 Å². The fraction of sp³-hybridized carbons (Fsp3) is 0.318. The molecule has 10 nitrogen and oxygen atoms in total. The van der Waals surface area contributed by atoms with Crippen LogP contribution in [0.25, 0.3) is 16.8 Å². The van der Waals surface area contributed by atoms with Gasteiger partial charge in [-0.05, 0) is 34.9 Å². The second-order valence-electron chi connectivity index (χ2n) is 7.53. The van der Waals surface area contributed by atoms with Crippen LogP contribution in [0.2, 0.25) is 0 Å². The van der Waals surface area contributed by atoms with Crippen molar-refractivity contribution < 1.29 is 30.0 Å². The number of hydrogen-bond acceptors (Lipinski definition) is 8. The molecule has 1 amide bonds. The summed E-state index contributed by atoms with van der Waals surface area (Å²) in [6.07, 6.45) is -3.31. The molecule has 0 saturated carbocycles. The van der Waals surface area contributed by atoms with Crippen molar-refractivity contribution in [3.05, 3.63) is 66.2 Å². The van der Waals surface area contributed by atoms with Gasteiger partial charge in [0.15, 0.2) is 0 Å². The van der Waals surface area contributed by atoms with Gasteiger partial charge in [-0.2, -0.15) is 5.10 Å². The fourth-order valence-electron chi connectivity index (χ4n) is 3.83. The maximum absolute atomic E-state index is 12.3. The smallest absolute Gasteiger partial charge is 0.253 e. The molecule has 5 atom stereocenters. The number of nitrogens with zero attached hydrogens (tertiary/aromatic N) is 3. The van der Waals surface area contributed by atoms with Gasteiger partial charge in [0.1, 0.15) is 43.2 Å². The highest BCUT2D eigenvalue weighted by Crippen LogP contribution is 2.34. The number of benzene rings is 2. The largest absolute Gasteiger partial charge is 0.394 e. The van der Waals surface area contributed by atoms with Gasteiger partial charge in [0.05, 0.1) is 17.9 Å². The second-order valence-corrected chi connectivity index (χ2v) is 7.53. The van der Waals surface area contributed by atoms with Crippen molar-refractivity contribution in [1.82, 2.24) is 20.1 Å². The molecule has 1 aromatic heterocycles. The van der Waals surface area contributed by atoms with E-state index in [1.807, 2.05) is 6.07 Å². The fourth-order valence-corrected chi connectivity index (χ4v) is 3.83. The zero-order valence-electron chi connectivity index (χ0n) is 17.2. The number of ether oxygens (including phenoxy) is 1. The van der Waals surface area contributed by atoms with E-state index in [0.29, 0.717) is 16.8 Å². The topological polar surface area (TPSA) is 150 Å². The lowest BCUT2D eigenvalue weighted by Crippen LogP contribution is -2.55. The van der Waals surface area contributed by atoms with Gasteiger partial charge in [0.25, 0.3) is 5.91 Å². The van der Waals surface area contributed by atoms with Gasteiger partial charge in [0.2, 0.25) is 0 Å². The van der Waals surface area contributed by atoms with Crippen molar-refractivity contribution in [2.75, 3.05) is 13.7 Å². The molecule has 3 aromatic rings. The summed E-state index contributed by atoms with van der Waals surface area (Å²) in [5.74, 6) is -0.267. The number of aliphatic hydroxyl groups is 4. The van der Waals surface area contributed by atoms with Crippen molar-refractivity contribution in [3.63, 3.8) is 0 Å². The van der Waals surface area contributed by atoms with Gasteiger partial charge >= 0.3 is 0 Å². The number of hydrogen-bond donors (Lipinski definition) is 5. The van der Waals surface area contributed by atoms with Gasteiger partial charge < -0.3 is 30.5 Å². The first kappa shape index (κ1) is 22.1. The van der Waals surface area contributed by atoms with E-state index in [2.05, 4.69) is 15.4 Å². The molecule has 32 heavy (non-hydrogen) atoms. The molecule has 4 rings (SSSR count). The summed E-state index contributed by atoms with van der Waals surface area (Å²) in [7, 11) is 1.55. The van der Waals surface area contributed by atoms with Crippen LogP contribution in [0, 0.1) is 0 Å². The molecule has 2 heterocycles. The Morgan fingerprint density at radius 1 is 1.09 bits per heavy atom. The summed E-state index contributed by atoms with van der Waals surface area (Å²) < 4.78 is 7.17. The summed E-state index contributed by atoms with van der Waals surface area (Å²) in [5, 5.41) is 46.8. The molecule has 10 heteroatoms. The summed E-state index contributed by atoms with van der Waals surface area (Å²) in [6.45, 7) is -0.497. The lowest BCUT2D eigenvalue weighted by atomic mass is 9.90. The molecule has 0 unspecified atom stereocenters. The quantitative estimate of drug-likeness (QED) is 0.366. The summed E-state index contributed by atoms with van der Waals surface area (Å²) in [6, 6.07) is 12.4. The molecule has 0 bridgehead atoms. The Hall–Kier alpha value is -3.15. The first-order valence-corrected chi connectivity index (χ1v) is 10.1. The van der Waals surface area contributed by atoms with E-state index in [0.717, 1.165) is 11.1 Å². The predicted octanol–water partition coefficient (Wildman–Crippen LogP) is -0.191. The number of aromatic nitrogens is 3. The minimum atomic E-state index is -1.46. The molecule has 1 fully saturated rings. The maximum atomic E-state index is 12.3. The third-order valence-electron chi connectivity index (χ3n) is 5.58. The molecule has 1 aliphatic heterocycles. The number of aliphatic hydroxyl groups excluding tert-OH is 4. The number of carbonyl (C=O) groups excluding carboxylic acids is 1. The molecule has 168 valence electrons. The Kier molecular flexibility index (Phi) is 6.31. The first-order chi connectivity index (χ1) is 15.4. The minimum absolute atomic E-state index is 0.267. The zero-order chi connectivity index (χ0) is 22.8. The Bertz CT molecular complexity index is 1090. The highest BCUT2D eigenvalue weighted by atomic mass is 16.5. The molecule has 0 radical (unpaired) electrons. The van der Waals surface area contributed by atoms with E-state index < -0.39 is 37.1 Å². The Morgan fingerprint density at radius 3 is 2.56 bits per heavy atom. The Morgan fingerprint density at radius 2 is 1.88 bits per heavy atom. The molecule has 1 aliphatic rings. The van der Waals surface area contributed by atoms with Crippen molar-refractivity contribution in [3.8, 4) is 16.8 Å². The molecule has 1 saturated heterocycles. The number of carbonyl (C=O) groups is 1. The van der Waals surface area contributed by atoms with E-state index in [1.165, 1.54) is 17.3 Å². The predicted molar refractivity (Wildman–Crippen MR) is 113 cm³/mol. The highest BCUT2D eigenvalue weighted by molar-refractivity contribution is 5.98. The van der Waals surface area contributed by atoms with Crippen LogP contribution >= 0.6 is 0 Å². The van der Waals surface area contributed by atoms with Crippen LogP contribution in [0.5, 0.6) is 0 Å². The Labute approximate surface area is 183 Å². The molecular formula is C22H24N4O6. The van der Waals surface area contributed by atoms with Crippen molar-refractivity contribution in [1.29, 1.82) is 0 Å². The van der Waals surface area contributed by atoms with Gasteiger partial charge in [-0.3, -0.25) is 4.79 Å². The summed E-state index contributed by atoms with van der Waals surface area (Å²) in [4.78, 5) is 16.3. The third-order valence-corrected chi connectivity index (χ3v) is 5.58. The van der Waals surface area contributed by atoms with Crippen molar-refractivity contribution in [2.45, 2.75) is 30.5 Å². The molecule has 0 spiro atoms. The summed E-state index contributed by atoms with van der Waals surface area (Å²) >= 11 is 0. The van der Waals surface area contributed by atoms with E-state index in [4.69, 9.17) is 4.74 Å². The zero-order valence-corrected chi connectivity index (χ0v) is 17.2. The molecular weight excluding hydrogens is 416 g/mol. The van der Waals surface area contributed by atoms with Crippen LogP contribution < -0.4 is 5.32 Å². The number of amides is 1. The van der Waals surface area contributed by atoms with E-state index in [9.17, 15) is 25.2 Å². The average molecular weight is 440 g/mol. The van der Waals surface area contributed by atoms with Crippen LogP contribution in [-0.2, 0) is 4.74 Å². The second kappa shape index (κ2) is 9.15. The normalized spacial score (nSPS) is 25.5. The lowest BCUT2D eigenvalue weighted by Gasteiger charge is -2.40. The van der Waals surface area contributed by atoms with Crippen molar-refractivity contribution in [2.24, 2.45) is 0 Å². The Balaban J connectivity index is 1.72.